The molecule has 0 aliphatic heterocycles. The van der Waals surface area contributed by atoms with Gasteiger partial charge in [-0.3, -0.25) is 0 Å². The summed E-state index contributed by atoms with van der Waals surface area (Å²) in [5.41, 5.74) is 3.65. The smallest absolute Gasteiger partial charge is 0.143 e. The van der Waals surface area contributed by atoms with Crippen molar-refractivity contribution in [3.05, 3.63) is 46.7 Å². The minimum Gasteiger partial charge on any atom is -0.308 e. The summed E-state index contributed by atoms with van der Waals surface area (Å²) in [6, 6.07) is 7.83. The van der Waals surface area contributed by atoms with E-state index in [4.69, 9.17) is 5.84 Å². The molecule has 17 heavy (non-hydrogen) atoms. The molecule has 2 heterocycles. The van der Waals surface area contributed by atoms with Crippen molar-refractivity contribution in [2.75, 3.05) is 5.43 Å². The Morgan fingerprint density at radius 3 is 2.88 bits per heavy atom. The van der Waals surface area contributed by atoms with Crippen molar-refractivity contribution in [3.8, 4) is 0 Å². The lowest BCUT2D eigenvalue weighted by Crippen LogP contribution is -2.10. The fourth-order valence-electron chi connectivity index (χ4n) is 1.28. The van der Waals surface area contributed by atoms with E-state index in [1.807, 2.05) is 24.3 Å². The number of rotatable bonds is 4. The minimum atomic E-state index is 0.706. The highest BCUT2D eigenvalue weighted by molar-refractivity contribution is 9.10. The Morgan fingerprint density at radius 2 is 2.18 bits per heavy atom. The zero-order chi connectivity index (χ0) is 12.1. The number of halogens is 1. The van der Waals surface area contributed by atoms with Crippen LogP contribution in [0.25, 0.3) is 0 Å². The summed E-state index contributed by atoms with van der Waals surface area (Å²) in [6.07, 6.45) is 3.49. The van der Waals surface area contributed by atoms with Gasteiger partial charge in [-0.1, -0.05) is 6.07 Å². The molecule has 2 aromatic rings. The Bertz CT molecular complexity index is 489. The SMILES string of the molecule is NNc1ncccc1CSc1ccc(Br)cn1. The molecule has 0 aliphatic rings. The highest BCUT2D eigenvalue weighted by Crippen LogP contribution is 2.24. The number of hydrogen-bond acceptors (Lipinski definition) is 5. The number of aromatic nitrogens is 2. The number of pyridine rings is 2. The molecule has 0 unspecified atom stereocenters. The Kier molecular flexibility index (Phi) is 4.36. The van der Waals surface area contributed by atoms with Crippen LogP contribution in [0.15, 0.2) is 46.2 Å². The molecule has 0 amide bonds. The summed E-state index contributed by atoms with van der Waals surface area (Å²) in [5, 5.41) is 0.972. The molecular formula is C11H11BrN4S. The number of anilines is 1. The molecule has 0 aliphatic carbocycles. The summed E-state index contributed by atoms with van der Waals surface area (Å²) in [7, 11) is 0. The van der Waals surface area contributed by atoms with Crippen molar-refractivity contribution < 1.29 is 0 Å². The van der Waals surface area contributed by atoms with Crippen LogP contribution < -0.4 is 11.3 Å². The number of hydrogen-bond donors (Lipinski definition) is 2. The standard InChI is InChI=1S/C11H11BrN4S/c12-9-3-4-10(15-6-9)17-7-8-2-1-5-14-11(8)16-13/h1-6H,7,13H2,(H,14,16). The summed E-state index contributed by atoms with van der Waals surface area (Å²) in [4.78, 5) is 8.44. The fourth-order valence-corrected chi connectivity index (χ4v) is 2.35. The summed E-state index contributed by atoms with van der Waals surface area (Å²) in [6.45, 7) is 0. The van der Waals surface area contributed by atoms with Gasteiger partial charge in [0.2, 0.25) is 0 Å². The van der Waals surface area contributed by atoms with Gasteiger partial charge in [-0.25, -0.2) is 15.8 Å². The van der Waals surface area contributed by atoms with Gasteiger partial charge in [-0.05, 0) is 34.1 Å². The summed E-state index contributed by atoms with van der Waals surface area (Å²) < 4.78 is 0.979. The monoisotopic (exact) mass is 310 g/mol. The van der Waals surface area contributed by atoms with Gasteiger partial charge in [0, 0.05) is 28.2 Å². The van der Waals surface area contributed by atoms with Gasteiger partial charge in [-0.2, -0.15) is 0 Å². The van der Waals surface area contributed by atoms with Crippen molar-refractivity contribution in [2.24, 2.45) is 5.84 Å². The Hall–Kier alpha value is -1.11. The first-order chi connectivity index (χ1) is 8.29. The van der Waals surface area contributed by atoms with Crippen LogP contribution in [0.1, 0.15) is 5.56 Å². The number of hydrazine groups is 1. The topological polar surface area (TPSA) is 63.8 Å². The maximum atomic E-state index is 5.40. The van der Waals surface area contributed by atoms with E-state index >= 15 is 0 Å². The van der Waals surface area contributed by atoms with Crippen molar-refractivity contribution in [1.29, 1.82) is 0 Å². The molecule has 0 radical (unpaired) electrons. The predicted molar refractivity (Wildman–Crippen MR) is 73.5 cm³/mol. The molecule has 0 aromatic carbocycles. The molecule has 88 valence electrons. The predicted octanol–water partition coefficient (Wildman–Crippen LogP) is 2.82. The maximum Gasteiger partial charge on any atom is 0.143 e. The number of nitrogen functional groups attached to an aromatic ring is 1. The highest BCUT2D eigenvalue weighted by Gasteiger charge is 2.03. The maximum absolute atomic E-state index is 5.40. The van der Waals surface area contributed by atoms with Crippen molar-refractivity contribution in [2.45, 2.75) is 10.8 Å². The molecule has 0 saturated carbocycles. The number of nitrogens with two attached hydrogens (primary N) is 1. The molecule has 0 spiro atoms. The van der Waals surface area contributed by atoms with Gasteiger partial charge >= 0.3 is 0 Å². The average molecular weight is 311 g/mol. The van der Waals surface area contributed by atoms with Crippen LogP contribution in [0.4, 0.5) is 5.82 Å². The number of nitrogens with zero attached hydrogens (tertiary/aromatic N) is 2. The van der Waals surface area contributed by atoms with Crippen LogP contribution in [-0.2, 0) is 5.75 Å². The minimum absolute atomic E-state index is 0.706. The molecule has 4 nitrogen and oxygen atoms in total. The molecule has 2 aromatic heterocycles. The first kappa shape index (κ1) is 12.3. The first-order valence-corrected chi connectivity index (χ1v) is 6.72. The second-order valence-electron chi connectivity index (χ2n) is 3.26. The van der Waals surface area contributed by atoms with Crippen LogP contribution in [0, 0.1) is 0 Å². The zero-order valence-corrected chi connectivity index (χ0v) is 11.3. The Morgan fingerprint density at radius 1 is 1.29 bits per heavy atom. The van der Waals surface area contributed by atoms with E-state index in [0.717, 1.165) is 20.8 Å². The quantitative estimate of drug-likeness (QED) is 0.516. The average Bonchev–Trinajstić information content (AvgIpc) is 2.38. The van der Waals surface area contributed by atoms with Gasteiger partial charge in [0.25, 0.3) is 0 Å². The van der Waals surface area contributed by atoms with Crippen LogP contribution in [0.3, 0.4) is 0 Å². The Balaban J connectivity index is 2.04. The van der Waals surface area contributed by atoms with Gasteiger partial charge in [0.15, 0.2) is 0 Å². The van der Waals surface area contributed by atoms with Crippen molar-refractivity contribution >= 4 is 33.5 Å². The number of thioether (sulfide) groups is 1. The van der Waals surface area contributed by atoms with Crippen LogP contribution in [-0.4, -0.2) is 9.97 Å². The van der Waals surface area contributed by atoms with Crippen LogP contribution in [0.5, 0.6) is 0 Å². The second kappa shape index (κ2) is 6.00. The van der Waals surface area contributed by atoms with E-state index in [-0.39, 0.29) is 0 Å². The molecule has 3 N–H and O–H groups in total. The van der Waals surface area contributed by atoms with E-state index in [1.165, 1.54) is 0 Å². The van der Waals surface area contributed by atoms with Crippen LogP contribution >= 0.6 is 27.7 Å². The van der Waals surface area contributed by atoms with E-state index in [9.17, 15) is 0 Å². The molecule has 0 saturated heterocycles. The highest BCUT2D eigenvalue weighted by atomic mass is 79.9. The van der Waals surface area contributed by atoms with E-state index in [0.29, 0.717) is 5.82 Å². The fraction of sp³-hybridized carbons (Fsp3) is 0.0909. The molecular weight excluding hydrogens is 300 g/mol. The lowest BCUT2D eigenvalue weighted by Gasteiger charge is -2.06. The lowest BCUT2D eigenvalue weighted by atomic mass is 10.3. The largest absolute Gasteiger partial charge is 0.308 e. The van der Waals surface area contributed by atoms with E-state index < -0.39 is 0 Å². The van der Waals surface area contributed by atoms with Gasteiger partial charge < -0.3 is 5.43 Å². The zero-order valence-electron chi connectivity index (χ0n) is 8.93. The van der Waals surface area contributed by atoms with Gasteiger partial charge in [-0.15, -0.1) is 11.8 Å². The van der Waals surface area contributed by atoms with E-state index in [2.05, 4.69) is 31.3 Å². The normalized spacial score (nSPS) is 10.2. The molecule has 6 heteroatoms. The molecule has 2 rings (SSSR count). The van der Waals surface area contributed by atoms with Crippen molar-refractivity contribution in [1.82, 2.24) is 9.97 Å². The van der Waals surface area contributed by atoms with E-state index in [1.54, 1.807) is 24.2 Å². The van der Waals surface area contributed by atoms with Crippen molar-refractivity contribution in [3.63, 3.8) is 0 Å². The third-order valence-electron chi connectivity index (χ3n) is 2.10. The second-order valence-corrected chi connectivity index (χ2v) is 5.17. The lowest BCUT2D eigenvalue weighted by molar-refractivity contribution is 1.12. The first-order valence-electron chi connectivity index (χ1n) is 4.94. The number of nitrogens with one attached hydrogen (secondary N) is 1. The van der Waals surface area contributed by atoms with Crippen LogP contribution in [0.2, 0.25) is 0 Å². The van der Waals surface area contributed by atoms with Gasteiger partial charge in [0.05, 0.1) is 5.03 Å². The molecule has 0 fully saturated rings. The third-order valence-corrected chi connectivity index (χ3v) is 3.57. The summed E-state index contributed by atoms with van der Waals surface area (Å²) in [5.74, 6) is 6.88. The molecule has 0 bridgehead atoms. The summed E-state index contributed by atoms with van der Waals surface area (Å²) >= 11 is 5.00. The molecule has 0 atom stereocenters. The third kappa shape index (κ3) is 3.42. The Labute approximate surface area is 112 Å². The van der Waals surface area contributed by atoms with Gasteiger partial charge in [0.1, 0.15) is 5.82 Å².